The topological polar surface area (TPSA) is 139 Å². The van der Waals surface area contributed by atoms with E-state index in [-0.39, 0.29) is 35.7 Å². The minimum Gasteiger partial charge on any atom is -0.461 e. The molecule has 0 aliphatic carbocycles. The van der Waals surface area contributed by atoms with E-state index in [0.29, 0.717) is 55.9 Å². The lowest BCUT2D eigenvalue weighted by molar-refractivity contribution is -0.140. The van der Waals surface area contributed by atoms with Crippen molar-refractivity contribution < 1.29 is 23.6 Å². The average Bonchev–Trinajstić information content (AvgIpc) is 3.70. The summed E-state index contributed by atoms with van der Waals surface area (Å²) in [5.74, 6) is -1.63. The van der Waals surface area contributed by atoms with E-state index in [1.165, 1.54) is 12.1 Å². The first kappa shape index (κ1) is 32.4. The molecule has 11 nitrogen and oxygen atoms in total. The quantitative estimate of drug-likeness (QED) is 0.207. The Balaban J connectivity index is 1.46. The fourth-order valence-electron chi connectivity index (χ4n) is 5.89. The number of carbonyl (C=O) groups excluding carboxylic acids is 4. The number of benzene rings is 2. The maximum absolute atomic E-state index is 13.8. The van der Waals surface area contributed by atoms with Crippen LogP contribution < -0.4 is 5.32 Å². The molecule has 1 N–H and O–H groups in total. The second-order valence-corrected chi connectivity index (χ2v) is 11.9. The van der Waals surface area contributed by atoms with E-state index in [0.717, 1.165) is 30.4 Å². The maximum Gasteiger partial charge on any atom is 0.253 e. The van der Waals surface area contributed by atoms with Gasteiger partial charge in [-0.15, -0.1) is 0 Å². The molecule has 0 bridgehead atoms. The number of amidine groups is 1. The summed E-state index contributed by atoms with van der Waals surface area (Å²) < 4.78 is 5.70. The van der Waals surface area contributed by atoms with Gasteiger partial charge in [-0.05, 0) is 82.3 Å². The van der Waals surface area contributed by atoms with E-state index in [4.69, 9.17) is 9.41 Å². The monoisotopic (exact) mass is 624 g/mol. The normalized spacial score (nSPS) is 17.8. The summed E-state index contributed by atoms with van der Waals surface area (Å²) in [6.07, 6.45) is 3.78. The summed E-state index contributed by atoms with van der Waals surface area (Å²) in [4.78, 5) is 62.9. The molecular formula is C35H40N6O5. The van der Waals surface area contributed by atoms with Crippen LogP contribution in [-0.2, 0) is 9.59 Å². The SMILES string of the molecule is CCN(C)C(=O)c1ccc(C(=O)C(C#N)C(=N[C@H]2CCCCN(CC(=O)N3CCCC3)C2=O)Nc2ccc3oc(C)cc3c2)cc1. The van der Waals surface area contributed by atoms with E-state index < -0.39 is 17.7 Å². The van der Waals surface area contributed by atoms with Gasteiger partial charge in [-0.25, -0.2) is 0 Å². The number of aryl methyl sites for hydroxylation is 1. The molecule has 1 aromatic heterocycles. The molecule has 2 atom stereocenters. The molecule has 2 aromatic carbocycles. The number of hydrogen-bond donors (Lipinski definition) is 1. The van der Waals surface area contributed by atoms with Crippen LogP contribution in [0.2, 0.25) is 0 Å². The van der Waals surface area contributed by atoms with Crippen LogP contribution in [-0.4, -0.2) is 89.9 Å². The third-order valence-corrected chi connectivity index (χ3v) is 8.65. The summed E-state index contributed by atoms with van der Waals surface area (Å²) in [5, 5.41) is 14.4. The van der Waals surface area contributed by atoms with Crippen LogP contribution >= 0.6 is 0 Å². The summed E-state index contributed by atoms with van der Waals surface area (Å²) in [5.41, 5.74) is 1.93. The average molecular weight is 625 g/mol. The molecule has 3 amide bonds. The number of anilines is 1. The molecule has 2 aliphatic rings. The number of likely N-dealkylation sites (tertiary alicyclic amines) is 2. The highest BCUT2D eigenvalue weighted by atomic mass is 16.3. The third-order valence-electron chi connectivity index (χ3n) is 8.65. The van der Waals surface area contributed by atoms with E-state index in [1.54, 1.807) is 46.0 Å². The Hall–Kier alpha value is -4.98. The molecule has 2 saturated heterocycles. The minimum atomic E-state index is -1.36. The van der Waals surface area contributed by atoms with Gasteiger partial charge in [0.15, 0.2) is 11.7 Å². The van der Waals surface area contributed by atoms with Crippen LogP contribution in [0.4, 0.5) is 5.69 Å². The van der Waals surface area contributed by atoms with Crippen molar-refractivity contribution in [1.29, 1.82) is 5.26 Å². The van der Waals surface area contributed by atoms with Gasteiger partial charge in [-0.2, -0.15) is 5.26 Å². The van der Waals surface area contributed by atoms with Crippen molar-refractivity contribution in [3.63, 3.8) is 0 Å². The number of hydrogen-bond acceptors (Lipinski definition) is 7. The Morgan fingerprint density at radius 1 is 1.04 bits per heavy atom. The maximum atomic E-state index is 13.8. The lowest BCUT2D eigenvalue weighted by Crippen LogP contribution is -2.45. The van der Waals surface area contributed by atoms with Gasteiger partial charge in [0.25, 0.3) is 5.91 Å². The number of ketones is 1. The van der Waals surface area contributed by atoms with Crippen molar-refractivity contribution >= 4 is 46.0 Å². The Kier molecular flexibility index (Phi) is 10.2. The van der Waals surface area contributed by atoms with Crippen molar-refractivity contribution in [1.82, 2.24) is 14.7 Å². The standard InChI is InChI=1S/C35H40N6O5/c1-4-39(3)34(44)25-12-10-24(11-13-25)32(43)28(21-36)33(37-27-14-15-30-26(20-27)19-23(2)46-30)38-29-9-5-6-18-41(35(29)45)22-31(42)40-16-7-8-17-40/h10-15,19-20,28-29H,4-9,16-18,22H2,1-3H3,(H,37,38)/t28?,29-/m0/s1. The summed E-state index contributed by atoms with van der Waals surface area (Å²) in [7, 11) is 1.70. The van der Waals surface area contributed by atoms with E-state index >= 15 is 0 Å². The first-order chi connectivity index (χ1) is 22.2. The number of rotatable bonds is 9. The summed E-state index contributed by atoms with van der Waals surface area (Å²) >= 11 is 0. The number of carbonyl (C=O) groups is 4. The largest absolute Gasteiger partial charge is 0.461 e. The molecule has 240 valence electrons. The number of furan rings is 1. The lowest BCUT2D eigenvalue weighted by Gasteiger charge is -2.25. The van der Waals surface area contributed by atoms with Gasteiger partial charge in [0.2, 0.25) is 11.8 Å². The predicted molar refractivity (Wildman–Crippen MR) is 175 cm³/mol. The van der Waals surface area contributed by atoms with E-state index in [9.17, 15) is 24.4 Å². The van der Waals surface area contributed by atoms with Crippen molar-refractivity contribution in [2.75, 3.05) is 45.1 Å². The van der Waals surface area contributed by atoms with Gasteiger partial charge >= 0.3 is 0 Å². The van der Waals surface area contributed by atoms with Gasteiger partial charge < -0.3 is 24.4 Å². The van der Waals surface area contributed by atoms with Gasteiger partial charge in [-0.1, -0.05) is 12.1 Å². The zero-order valence-electron chi connectivity index (χ0n) is 26.6. The minimum absolute atomic E-state index is 0.0109. The fourth-order valence-corrected chi connectivity index (χ4v) is 5.89. The predicted octanol–water partition coefficient (Wildman–Crippen LogP) is 4.67. The molecular weight excluding hydrogens is 584 g/mol. The number of fused-ring (bicyclic) bond motifs is 1. The number of nitrogens with one attached hydrogen (secondary N) is 1. The molecule has 1 unspecified atom stereocenters. The van der Waals surface area contributed by atoms with Crippen molar-refractivity contribution in [3.8, 4) is 6.07 Å². The second-order valence-electron chi connectivity index (χ2n) is 11.9. The Morgan fingerprint density at radius 3 is 2.43 bits per heavy atom. The highest BCUT2D eigenvalue weighted by Gasteiger charge is 2.33. The second kappa shape index (κ2) is 14.4. The number of aliphatic imine (C=N–C) groups is 1. The fraction of sp³-hybridized carbons (Fsp3) is 0.429. The first-order valence-electron chi connectivity index (χ1n) is 15.9. The molecule has 0 radical (unpaired) electrons. The lowest BCUT2D eigenvalue weighted by atomic mass is 9.96. The number of Topliss-reactive ketones (excluding diaryl/α,β-unsaturated/α-hetero) is 1. The molecule has 3 heterocycles. The zero-order chi connectivity index (χ0) is 32.8. The van der Waals surface area contributed by atoms with Crippen molar-refractivity contribution in [2.45, 2.75) is 52.0 Å². The van der Waals surface area contributed by atoms with Crippen LogP contribution in [0.15, 0.2) is 57.9 Å². The smallest absolute Gasteiger partial charge is 0.253 e. The molecule has 2 aliphatic heterocycles. The zero-order valence-corrected chi connectivity index (χ0v) is 26.6. The molecule has 0 saturated carbocycles. The number of nitriles is 1. The molecule has 2 fully saturated rings. The highest BCUT2D eigenvalue weighted by molar-refractivity contribution is 6.18. The Bertz CT molecular complexity index is 1680. The van der Waals surface area contributed by atoms with Crippen LogP contribution in [0.1, 0.15) is 65.5 Å². The van der Waals surface area contributed by atoms with Crippen LogP contribution in [0.5, 0.6) is 0 Å². The van der Waals surface area contributed by atoms with Crippen molar-refractivity contribution in [3.05, 3.63) is 65.4 Å². The van der Waals surface area contributed by atoms with Crippen LogP contribution in [0, 0.1) is 24.2 Å². The molecule has 5 rings (SSSR count). The summed E-state index contributed by atoms with van der Waals surface area (Å²) in [6, 6.07) is 14.7. The molecule has 11 heteroatoms. The molecule has 3 aromatic rings. The van der Waals surface area contributed by atoms with Gasteiger partial charge in [0.05, 0.1) is 12.6 Å². The third kappa shape index (κ3) is 7.28. The van der Waals surface area contributed by atoms with Gasteiger partial charge in [-0.3, -0.25) is 24.2 Å². The van der Waals surface area contributed by atoms with Crippen LogP contribution in [0.3, 0.4) is 0 Å². The molecule has 0 spiro atoms. The van der Waals surface area contributed by atoms with E-state index in [2.05, 4.69) is 11.4 Å². The van der Waals surface area contributed by atoms with Crippen molar-refractivity contribution in [2.24, 2.45) is 10.9 Å². The Morgan fingerprint density at radius 2 is 1.74 bits per heavy atom. The van der Waals surface area contributed by atoms with Gasteiger partial charge in [0.1, 0.15) is 23.2 Å². The summed E-state index contributed by atoms with van der Waals surface area (Å²) in [6.45, 7) is 6.10. The van der Waals surface area contributed by atoms with Crippen LogP contribution in [0.25, 0.3) is 11.0 Å². The molecule has 46 heavy (non-hydrogen) atoms. The highest BCUT2D eigenvalue weighted by Crippen LogP contribution is 2.25. The number of nitrogens with zero attached hydrogens (tertiary/aromatic N) is 5. The van der Waals surface area contributed by atoms with Gasteiger partial charge in [0, 0.05) is 55.4 Å². The first-order valence-corrected chi connectivity index (χ1v) is 15.9. The Labute approximate surface area is 268 Å². The number of amides is 3. The van der Waals surface area contributed by atoms with E-state index in [1.807, 2.05) is 26.0 Å².